The molecule has 1 aliphatic rings. The molecule has 3 amide bonds. The number of methoxy groups -OCH3 is 1. The predicted molar refractivity (Wildman–Crippen MR) is 145 cm³/mol. The number of benzene rings is 2. The molecule has 1 aliphatic heterocycles. The van der Waals surface area contributed by atoms with Gasteiger partial charge in [-0.15, -0.1) is 0 Å². The van der Waals surface area contributed by atoms with Crippen LogP contribution in [0, 0.1) is 5.92 Å². The van der Waals surface area contributed by atoms with Crippen molar-refractivity contribution in [3.8, 4) is 5.75 Å². The van der Waals surface area contributed by atoms with Crippen LogP contribution in [0.3, 0.4) is 0 Å². The van der Waals surface area contributed by atoms with E-state index in [0.29, 0.717) is 43.3 Å². The SMILES string of the molecule is COc1ccc(NC(=O)CCN(CC(C)C)C(=O)c2cc3n(n2)CCCN(Cc2ccccc2)C3=O)cc1. The van der Waals surface area contributed by atoms with E-state index in [4.69, 9.17) is 4.74 Å². The molecule has 2 heterocycles. The molecule has 4 rings (SSSR count). The fourth-order valence-corrected chi connectivity index (χ4v) is 4.51. The number of amides is 3. The highest BCUT2D eigenvalue weighted by Gasteiger charge is 2.28. The van der Waals surface area contributed by atoms with Crippen molar-refractivity contribution < 1.29 is 19.1 Å². The Kier molecular flexibility index (Phi) is 8.78. The Bertz CT molecular complexity index is 1250. The Hall–Kier alpha value is -4.14. The normalized spacial score (nSPS) is 13.2. The van der Waals surface area contributed by atoms with Crippen LogP contribution in [0.1, 0.15) is 53.2 Å². The maximum atomic E-state index is 13.5. The summed E-state index contributed by atoms with van der Waals surface area (Å²) >= 11 is 0. The molecule has 0 radical (unpaired) electrons. The molecule has 2 aromatic carbocycles. The van der Waals surface area contributed by atoms with Crippen molar-refractivity contribution in [3.63, 3.8) is 0 Å². The summed E-state index contributed by atoms with van der Waals surface area (Å²) in [6, 6.07) is 18.5. The van der Waals surface area contributed by atoms with Gasteiger partial charge in [-0.25, -0.2) is 0 Å². The van der Waals surface area contributed by atoms with Crippen LogP contribution >= 0.6 is 0 Å². The summed E-state index contributed by atoms with van der Waals surface area (Å²) in [6.45, 7) is 6.46. The quantitative estimate of drug-likeness (QED) is 0.437. The van der Waals surface area contributed by atoms with Crippen LogP contribution < -0.4 is 10.1 Å². The summed E-state index contributed by atoms with van der Waals surface area (Å²) in [5.41, 5.74) is 2.37. The Morgan fingerprint density at radius 2 is 1.82 bits per heavy atom. The summed E-state index contributed by atoms with van der Waals surface area (Å²) in [5, 5.41) is 7.36. The molecule has 0 saturated carbocycles. The van der Waals surface area contributed by atoms with Crippen LogP contribution in [-0.2, 0) is 17.9 Å². The molecule has 1 aromatic heterocycles. The summed E-state index contributed by atoms with van der Waals surface area (Å²) in [4.78, 5) is 42.9. The first-order valence-corrected chi connectivity index (χ1v) is 13.0. The molecule has 0 spiro atoms. The number of nitrogens with zero attached hydrogens (tertiary/aromatic N) is 4. The first-order chi connectivity index (χ1) is 18.3. The monoisotopic (exact) mass is 517 g/mol. The van der Waals surface area contributed by atoms with Crippen molar-refractivity contribution in [1.82, 2.24) is 19.6 Å². The van der Waals surface area contributed by atoms with Gasteiger partial charge in [0.1, 0.15) is 11.4 Å². The van der Waals surface area contributed by atoms with Crippen molar-refractivity contribution in [1.29, 1.82) is 0 Å². The number of carbonyl (C=O) groups is 3. The van der Waals surface area contributed by atoms with Crippen LogP contribution in [0.4, 0.5) is 5.69 Å². The van der Waals surface area contributed by atoms with Gasteiger partial charge in [0, 0.05) is 50.9 Å². The Morgan fingerprint density at radius 3 is 2.50 bits per heavy atom. The number of carbonyl (C=O) groups excluding carboxylic acids is 3. The van der Waals surface area contributed by atoms with Crippen LogP contribution in [0.25, 0.3) is 0 Å². The van der Waals surface area contributed by atoms with Gasteiger partial charge in [0.15, 0.2) is 5.69 Å². The highest BCUT2D eigenvalue weighted by Crippen LogP contribution is 2.19. The number of rotatable bonds is 10. The second kappa shape index (κ2) is 12.4. The molecule has 0 unspecified atom stereocenters. The fraction of sp³-hybridized carbons (Fsp3) is 0.379. The van der Waals surface area contributed by atoms with E-state index < -0.39 is 0 Å². The minimum Gasteiger partial charge on any atom is -0.497 e. The first kappa shape index (κ1) is 26.9. The number of hydrogen-bond acceptors (Lipinski definition) is 5. The van der Waals surface area contributed by atoms with Crippen molar-refractivity contribution in [2.75, 3.05) is 32.1 Å². The number of anilines is 1. The average molecular weight is 518 g/mol. The molecule has 0 aliphatic carbocycles. The fourth-order valence-electron chi connectivity index (χ4n) is 4.51. The molecule has 0 fully saturated rings. The van der Waals surface area contributed by atoms with E-state index >= 15 is 0 Å². The number of fused-ring (bicyclic) bond motifs is 1. The lowest BCUT2D eigenvalue weighted by Crippen LogP contribution is -2.37. The van der Waals surface area contributed by atoms with E-state index in [0.717, 1.165) is 12.0 Å². The van der Waals surface area contributed by atoms with Gasteiger partial charge >= 0.3 is 0 Å². The molecule has 0 bridgehead atoms. The van der Waals surface area contributed by atoms with E-state index in [1.807, 2.05) is 44.2 Å². The maximum Gasteiger partial charge on any atom is 0.274 e. The average Bonchev–Trinajstić information content (AvgIpc) is 3.29. The summed E-state index contributed by atoms with van der Waals surface area (Å²) in [5.74, 6) is 0.305. The largest absolute Gasteiger partial charge is 0.497 e. The summed E-state index contributed by atoms with van der Waals surface area (Å²) in [7, 11) is 1.59. The van der Waals surface area contributed by atoms with Crippen molar-refractivity contribution in [3.05, 3.63) is 77.6 Å². The molecule has 9 heteroatoms. The first-order valence-electron chi connectivity index (χ1n) is 13.0. The molecular formula is C29H35N5O4. The lowest BCUT2D eigenvalue weighted by atomic mass is 10.1. The molecular weight excluding hydrogens is 482 g/mol. The highest BCUT2D eigenvalue weighted by atomic mass is 16.5. The predicted octanol–water partition coefficient (Wildman–Crippen LogP) is 4.06. The van der Waals surface area contributed by atoms with Gasteiger partial charge in [0.2, 0.25) is 5.91 Å². The van der Waals surface area contributed by atoms with E-state index in [1.165, 1.54) is 0 Å². The van der Waals surface area contributed by atoms with E-state index in [2.05, 4.69) is 10.4 Å². The standard InChI is InChI=1S/C29H35N5O4/c1-21(2)19-33(17-14-27(35)30-23-10-12-24(38-3)13-11-23)28(36)25-18-26-29(37)32(15-7-16-34(26)31-25)20-22-8-5-4-6-9-22/h4-6,8-13,18,21H,7,14-17,19-20H2,1-3H3,(H,30,35). The van der Waals surface area contributed by atoms with E-state index in [-0.39, 0.29) is 42.3 Å². The summed E-state index contributed by atoms with van der Waals surface area (Å²) in [6.07, 6.45) is 0.893. The van der Waals surface area contributed by atoms with Crippen LogP contribution in [-0.4, -0.2) is 64.0 Å². The van der Waals surface area contributed by atoms with Gasteiger partial charge in [-0.1, -0.05) is 44.2 Å². The van der Waals surface area contributed by atoms with Crippen molar-refractivity contribution in [2.45, 2.75) is 39.8 Å². The second-order valence-electron chi connectivity index (χ2n) is 9.88. The van der Waals surface area contributed by atoms with Gasteiger partial charge in [0.05, 0.1) is 7.11 Å². The van der Waals surface area contributed by atoms with E-state index in [9.17, 15) is 14.4 Å². The number of hydrogen-bond donors (Lipinski definition) is 1. The maximum absolute atomic E-state index is 13.5. The molecule has 3 aromatic rings. The van der Waals surface area contributed by atoms with Gasteiger partial charge in [0.25, 0.3) is 11.8 Å². The van der Waals surface area contributed by atoms with E-state index in [1.54, 1.807) is 51.9 Å². The van der Waals surface area contributed by atoms with Gasteiger partial charge in [-0.3, -0.25) is 19.1 Å². The lowest BCUT2D eigenvalue weighted by molar-refractivity contribution is -0.116. The molecule has 0 saturated heterocycles. The van der Waals surface area contributed by atoms with Gasteiger partial charge in [-0.05, 0) is 42.2 Å². The Balaban J connectivity index is 1.43. The zero-order valence-corrected chi connectivity index (χ0v) is 22.2. The number of aromatic nitrogens is 2. The van der Waals surface area contributed by atoms with Gasteiger partial charge in [-0.2, -0.15) is 5.10 Å². The van der Waals surface area contributed by atoms with Crippen molar-refractivity contribution >= 4 is 23.4 Å². The highest BCUT2D eigenvalue weighted by molar-refractivity contribution is 5.98. The third kappa shape index (κ3) is 6.79. The third-order valence-electron chi connectivity index (χ3n) is 6.37. The molecule has 200 valence electrons. The molecule has 9 nitrogen and oxygen atoms in total. The lowest BCUT2D eigenvalue weighted by Gasteiger charge is -2.23. The smallest absolute Gasteiger partial charge is 0.274 e. The Labute approximate surface area is 223 Å². The zero-order valence-electron chi connectivity index (χ0n) is 22.2. The minimum absolute atomic E-state index is 0.132. The third-order valence-corrected chi connectivity index (χ3v) is 6.37. The topological polar surface area (TPSA) is 96.8 Å². The molecule has 1 N–H and O–H groups in total. The van der Waals surface area contributed by atoms with Crippen molar-refractivity contribution in [2.24, 2.45) is 5.92 Å². The zero-order chi connectivity index (χ0) is 27.1. The van der Waals surface area contributed by atoms with Crippen LogP contribution in [0.5, 0.6) is 5.75 Å². The minimum atomic E-state index is -0.279. The second-order valence-corrected chi connectivity index (χ2v) is 9.88. The van der Waals surface area contributed by atoms with Gasteiger partial charge < -0.3 is 19.9 Å². The Morgan fingerprint density at radius 1 is 1.08 bits per heavy atom. The number of ether oxygens (including phenoxy) is 1. The molecule has 38 heavy (non-hydrogen) atoms. The number of nitrogens with one attached hydrogen (secondary N) is 1. The molecule has 0 atom stereocenters. The summed E-state index contributed by atoms with van der Waals surface area (Å²) < 4.78 is 6.79. The van der Waals surface area contributed by atoms with Crippen LogP contribution in [0.15, 0.2) is 60.7 Å². The van der Waals surface area contributed by atoms with Crippen LogP contribution in [0.2, 0.25) is 0 Å². The number of aryl methyl sites for hydroxylation is 1.